The van der Waals surface area contributed by atoms with Crippen molar-refractivity contribution >= 4 is 11.6 Å². The SMILES string of the molecule is Nc1cccc(-c2ccc(-c3nc(N)n[nH]3)o2)c1. The van der Waals surface area contributed by atoms with Crippen LogP contribution in [0.4, 0.5) is 11.6 Å². The maximum atomic E-state index is 5.73. The van der Waals surface area contributed by atoms with Crippen molar-refractivity contribution in [3.8, 4) is 22.9 Å². The van der Waals surface area contributed by atoms with Crippen molar-refractivity contribution in [3.05, 3.63) is 36.4 Å². The standard InChI is InChI=1S/C12H11N5O/c13-8-3-1-2-7(6-8)9-4-5-10(18-9)11-15-12(14)17-16-11/h1-6H,13H2,(H3,14,15,16,17). The molecule has 0 amide bonds. The summed E-state index contributed by atoms with van der Waals surface area (Å²) in [6, 6.07) is 11.1. The van der Waals surface area contributed by atoms with Gasteiger partial charge in [-0.2, -0.15) is 4.98 Å². The quantitative estimate of drug-likeness (QED) is 0.594. The van der Waals surface area contributed by atoms with Crippen molar-refractivity contribution in [1.29, 1.82) is 0 Å². The van der Waals surface area contributed by atoms with Gasteiger partial charge in [-0.15, -0.1) is 5.10 Å². The summed E-state index contributed by atoms with van der Waals surface area (Å²) >= 11 is 0. The molecule has 1 aromatic carbocycles. The molecule has 6 nitrogen and oxygen atoms in total. The lowest BCUT2D eigenvalue weighted by atomic mass is 10.1. The zero-order valence-corrected chi connectivity index (χ0v) is 9.42. The van der Waals surface area contributed by atoms with Gasteiger partial charge < -0.3 is 15.9 Å². The first-order valence-electron chi connectivity index (χ1n) is 5.36. The molecule has 0 bridgehead atoms. The Morgan fingerprint density at radius 3 is 2.61 bits per heavy atom. The van der Waals surface area contributed by atoms with Crippen LogP contribution in [0.5, 0.6) is 0 Å². The Hall–Kier alpha value is -2.76. The van der Waals surface area contributed by atoms with E-state index < -0.39 is 0 Å². The smallest absolute Gasteiger partial charge is 0.239 e. The van der Waals surface area contributed by atoms with Crippen molar-refractivity contribution in [2.45, 2.75) is 0 Å². The molecule has 0 atom stereocenters. The molecule has 0 aliphatic rings. The average molecular weight is 241 g/mol. The van der Waals surface area contributed by atoms with Crippen LogP contribution in [-0.4, -0.2) is 15.2 Å². The Morgan fingerprint density at radius 2 is 1.89 bits per heavy atom. The Morgan fingerprint density at radius 1 is 1.06 bits per heavy atom. The van der Waals surface area contributed by atoms with Gasteiger partial charge in [0.15, 0.2) is 11.6 Å². The van der Waals surface area contributed by atoms with Crippen LogP contribution in [0.25, 0.3) is 22.9 Å². The molecule has 0 radical (unpaired) electrons. The lowest BCUT2D eigenvalue weighted by Crippen LogP contribution is -1.85. The summed E-state index contributed by atoms with van der Waals surface area (Å²) in [5.74, 6) is 1.98. The van der Waals surface area contributed by atoms with Crippen molar-refractivity contribution < 1.29 is 4.42 Å². The summed E-state index contributed by atoms with van der Waals surface area (Å²) in [5, 5.41) is 6.44. The van der Waals surface area contributed by atoms with E-state index in [0.29, 0.717) is 23.0 Å². The second-order valence-corrected chi connectivity index (χ2v) is 3.83. The van der Waals surface area contributed by atoms with Gasteiger partial charge in [-0.05, 0) is 24.3 Å². The van der Waals surface area contributed by atoms with Crippen LogP contribution in [0, 0.1) is 0 Å². The molecule has 5 N–H and O–H groups in total. The number of hydrogen-bond donors (Lipinski definition) is 3. The highest BCUT2D eigenvalue weighted by molar-refractivity contribution is 5.65. The van der Waals surface area contributed by atoms with E-state index in [0.717, 1.165) is 5.56 Å². The van der Waals surface area contributed by atoms with Gasteiger partial charge in [0.25, 0.3) is 0 Å². The maximum Gasteiger partial charge on any atom is 0.239 e. The number of H-pyrrole nitrogens is 1. The van der Waals surface area contributed by atoms with Gasteiger partial charge in [0.2, 0.25) is 5.95 Å². The number of hydrogen-bond acceptors (Lipinski definition) is 5. The van der Waals surface area contributed by atoms with Gasteiger partial charge in [0.05, 0.1) is 0 Å². The normalized spacial score (nSPS) is 10.7. The third-order valence-electron chi connectivity index (χ3n) is 2.51. The number of nitrogen functional groups attached to an aromatic ring is 2. The number of rotatable bonds is 2. The van der Waals surface area contributed by atoms with Crippen LogP contribution < -0.4 is 11.5 Å². The molecule has 0 unspecified atom stereocenters. The van der Waals surface area contributed by atoms with E-state index in [4.69, 9.17) is 15.9 Å². The van der Waals surface area contributed by atoms with Crippen molar-refractivity contribution in [2.75, 3.05) is 11.5 Å². The number of aromatic amines is 1. The second kappa shape index (κ2) is 3.92. The van der Waals surface area contributed by atoms with E-state index in [1.54, 1.807) is 6.07 Å². The number of nitrogens with two attached hydrogens (primary N) is 2. The molecule has 0 fully saturated rings. The molecule has 0 spiro atoms. The van der Waals surface area contributed by atoms with E-state index in [9.17, 15) is 0 Å². The number of aromatic nitrogens is 3. The molecule has 18 heavy (non-hydrogen) atoms. The minimum absolute atomic E-state index is 0.187. The molecule has 2 heterocycles. The van der Waals surface area contributed by atoms with Gasteiger partial charge in [-0.1, -0.05) is 12.1 Å². The van der Waals surface area contributed by atoms with Gasteiger partial charge in [-0.3, -0.25) is 5.10 Å². The van der Waals surface area contributed by atoms with Crippen molar-refractivity contribution in [3.63, 3.8) is 0 Å². The molecular weight excluding hydrogens is 230 g/mol. The molecular formula is C12H11N5O. The Bertz CT molecular complexity index is 685. The number of nitrogens with one attached hydrogen (secondary N) is 1. The molecule has 2 aromatic heterocycles. The highest BCUT2D eigenvalue weighted by Crippen LogP contribution is 2.27. The third kappa shape index (κ3) is 1.80. The molecule has 0 aliphatic heterocycles. The molecule has 0 saturated heterocycles. The number of furan rings is 1. The van der Waals surface area contributed by atoms with E-state index >= 15 is 0 Å². The Labute approximate surface area is 103 Å². The summed E-state index contributed by atoms with van der Waals surface area (Å²) in [6.45, 7) is 0. The van der Waals surface area contributed by atoms with E-state index in [2.05, 4.69) is 15.2 Å². The number of anilines is 2. The molecule has 0 aliphatic carbocycles. The Balaban J connectivity index is 1.99. The first-order chi connectivity index (χ1) is 8.72. The number of nitrogens with zero attached hydrogens (tertiary/aromatic N) is 2. The van der Waals surface area contributed by atoms with Crippen LogP contribution in [0.2, 0.25) is 0 Å². The van der Waals surface area contributed by atoms with Crippen LogP contribution in [0.1, 0.15) is 0 Å². The largest absolute Gasteiger partial charge is 0.453 e. The fourth-order valence-corrected chi connectivity index (χ4v) is 1.70. The monoisotopic (exact) mass is 241 g/mol. The molecule has 6 heteroatoms. The van der Waals surface area contributed by atoms with Crippen molar-refractivity contribution in [1.82, 2.24) is 15.2 Å². The van der Waals surface area contributed by atoms with E-state index in [1.165, 1.54) is 0 Å². The highest BCUT2D eigenvalue weighted by Gasteiger charge is 2.10. The summed E-state index contributed by atoms with van der Waals surface area (Å²) in [4.78, 5) is 4.00. The molecule has 3 rings (SSSR count). The molecule has 90 valence electrons. The predicted molar refractivity (Wildman–Crippen MR) is 68.3 cm³/mol. The summed E-state index contributed by atoms with van der Waals surface area (Å²) in [7, 11) is 0. The predicted octanol–water partition coefficient (Wildman–Crippen LogP) is 1.90. The third-order valence-corrected chi connectivity index (χ3v) is 2.51. The number of benzene rings is 1. The summed E-state index contributed by atoms with van der Waals surface area (Å²) < 4.78 is 5.68. The maximum absolute atomic E-state index is 5.73. The fraction of sp³-hybridized carbons (Fsp3) is 0. The van der Waals surface area contributed by atoms with Gasteiger partial charge in [0.1, 0.15) is 5.76 Å². The van der Waals surface area contributed by atoms with Gasteiger partial charge in [-0.25, -0.2) is 0 Å². The highest BCUT2D eigenvalue weighted by atomic mass is 16.3. The zero-order valence-electron chi connectivity index (χ0n) is 9.42. The van der Waals surface area contributed by atoms with Crippen molar-refractivity contribution in [2.24, 2.45) is 0 Å². The zero-order chi connectivity index (χ0) is 12.5. The minimum atomic E-state index is 0.187. The Kier molecular flexibility index (Phi) is 2.26. The van der Waals surface area contributed by atoms with Crippen LogP contribution in [0.15, 0.2) is 40.8 Å². The minimum Gasteiger partial charge on any atom is -0.453 e. The van der Waals surface area contributed by atoms with E-state index in [1.807, 2.05) is 30.3 Å². The van der Waals surface area contributed by atoms with Gasteiger partial charge >= 0.3 is 0 Å². The topological polar surface area (TPSA) is 107 Å². The first-order valence-corrected chi connectivity index (χ1v) is 5.36. The summed E-state index contributed by atoms with van der Waals surface area (Å²) in [5.41, 5.74) is 12.8. The molecule has 3 aromatic rings. The first kappa shape index (κ1) is 10.4. The average Bonchev–Trinajstić information content (AvgIpc) is 2.97. The second-order valence-electron chi connectivity index (χ2n) is 3.83. The van der Waals surface area contributed by atoms with Crippen LogP contribution >= 0.6 is 0 Å². The fourth-order valence-electron chi connectivity index (χ4n) is 1.70. The van der Waals surface area contributed by atoms with Crippen LogP contribution in [-0.2, 0) is 0 Å². The van der Waals surface area contributed by atoms with Crippen LogP contribution in [0.3, 0.4) is 0 Å². The molecule has 0 saturated carbocycles. The lowest BCUT2D eigenvalue weighted by Gasteiger charge is -1.98. The summed E-state index contributed by atoms with van der Waals surface area (Å²) in [6.07, 6.45) is 0. The lowest BCUT2D eigenvalue weighted by molar-refractivity contribution is 0.592. The van der Waals surface area contributed by atoms with Gasteiger partial charge in [0, 0.05) is 11.3 Å². The van der Waals surface area contributed by atoms with E-state index in [-0.39, 0.29) is 5.95 Å².